The molecule has 0 saturated carbocycles. The van der Waals surface area contributed by atoms with Crippen LogP contribution in [0, 0.1) is 0 Å². The smallest absolute Gasteiger partial charge is 0.338 e. The Morgan fingerprint density at radius 1 is 1.18 bits per heavy atom. The first-order valence-electron chi connectivity index (χ1n) is 12.8. The number of para-hydroxylation sites is 1. The first kappa shape index (κ1) is 28.7. The lowest BCUT2D eigenvalue weighted by Crippen LogP contribution is -2.40. The van der Waals surface area contributed by atoms with E-state index in [0.29, 0.717) is 56.2 Å². The summed E-state index contributed by atoms with van der Waals surface area (Å²) >= 11 is 1.20. The molecule has 1 atom stereocenters. The van der Waals surface area contributed by atoms with Crippen LogP contribution in [0.4, 0.5) is 0 Å². The van der Waals surface area contributed by atoms with Crippen molar-refractivity contribution in [3.63, 3.8) is 0 Å². The number of nitrogens with zero attached hydrogens (tertiary/aromatic N) is 2. The molecule has 40 heavy (non-hydrogen) atoms. The minimum absolute atomic E-state index is 0.0252. The quantitative estimate of drug-likeness (QED) is 0.296. The van der Waals surface area contributed by atoms with Crippen LogP contribution in [0.2, 0.25) is 0 Å². The summed E-state index contributed by atoms with van der Waals surface area (Å²) < 4.78 is 24.1. The molecule has 0 saturated heterocycles. The van der Waals surface area contributed by atoms with Crippen molar-refractivity contribution >= 4 is 23.4 Å². The summed E-state index contributed by atoms with van der Waals surface area (Å²) in [4.78, 5) is 32.3. The number of carbonyl (C=O) groups is 1. The molecule has 0 unspecified atom stereocenters. The Kier molecular flexibility index (Phi) is 8.79. The first-order chi connectivity index (χ1) is 19.3. The van der Waals surface area contributed by atoms with Gasteiger partial charge in [0.1, 0.15) is 6.04 Å². The van der Waals surface area contributed by atoms with Gasteiger partial charge < -0.3 is 24.1 Å². The molecule has 0 fully saturated rings. The second-order valence-electron chi connectivity index (χ2n) is 8.84. The maximum Gasteiger partial charge on any atom is 0.338 e. The molecular formula is C30H32N2O7S. The number of rotatable bonds is 10. The van der Waals surface area contributed by atoms with Gasteiger partial charge in [0.05, 0.1) is 43.2 Å². The zero-order valence-corrected chi connectivity index (χ0v) is 24.0. The monoisotopic (exact) mass is 564 g/mol. The van der Waals surface area contributed by atoms with Crippen LogP contribution in [0.3, 0.4) is 0 Å². The van der Waals surface area contributed by atoms with E-state index in [2.05, 4.69) is 11.6 Å². The van der Waals surface area contributed by atoms with Crippen molar-refractivity contribution in [1.29, 1.82) is 0 Å². The molecular weight excluding hydrogens is 532 g/mol. The average molecular weight is 565 g/mol. The van der Waals surface area contributed by atoms with Gasteiger partial charge >= 0.3 is 5.97 Å². The van der Waals surface area contributed by atoms with E-state index in [4.69, 9.17) is 18.9 Å². The van der Waals surface area contributed by atoms with E-state index in [1.165, 1.54) is 30.1 Å². The number of aromatic nitrogens is 1. The number of hydrogen-bond acceptors (Lipinski definition) is 9. The highest BCUT2D eigenvalue weighted by Crippen LogP contribution is 2.41. The van der Waals surface area contributed by atoms with E-state index in [1.54, 1.807) is 56.3 Å². The van der Waals surface area contributed by atoms with Crippen LogP contribution < -0.4 is 29.1 Å². The standard InChI is InChI=1S/C30H32N2O7S/c1-7-11-19-14-18(15-22(37-6)26(19)33)16-23-28(34)32-25(20-12-10-13-21(36-5)27(20)38-8-2)24(29(35)39-9-3)17(4)31-30(32)40-23/h7,10,12-16,25,33H,1,8-9,11H2,2-6H3/t25-/m0/s1. The topological polar surface area (TPSA) is 109 Å². The van der Waals surface area contributed by atoms with Crippen molar-refractivity contribution in [2.45, 2.75) is 33.2 Å². The number of carbonyl (C=O) groups excluding carboxylic acids is 1. The van der Waals surface area contributed by atoms with Gasteiger partial charge in [-0.3, -0.25) is 9.36 Å². The third kappa shape index (κ3) is 5.27. The minimum atomic E-state index is -0.861. The Balaban J connectivity index is 2.01. The predicted octanol–water partition coefficient (Wildman–Crippen LogP) is 3.65. The van der Waals surface area contributed by atoms with Crippen molar-refractivity contribution in [2.24, 2.45) is 4.99 Å². The average Bonchev–Trinajstić information content (AvgIpc) is 3.24. The molecule has 4 rings (SSSR count). The lowest BCUT2D eigenvalue weighted by molar-refractivity contribution is -0.139. The van der Waals surface area contributed by atoms with E-state index in [-0.39, 0.29) is 29.2 Å². The van der Waals surface area contributed by atoms with E-state index in [0.717, 1.165) is 0 Å². The molecule has 1 aliphatic heterocycles. The number of hydrogen-bond donors (Lipinski definition) is 1. The van der Waals surface area contributed by atoms with Crippen LogP contribution in [-0.4, -0.2) is 43.1 Å². The van der Waals surface area contributed by atoms with Crippen LogP contribution in [0.25, 0.3) is 6.08 Å². The number of phenolic OH excluding ortho intramolecular Hbond substituents is 1. The highest BCUT2D eigenvalue weighted by atomic mass is 32.1. The molecule has 10 heteroatoms. The molecule has 9 nitrogen and oxygen atoms in total. The van der Waals surface area contributed by atoms with Gasteiger partial charge in [-0.05, 0) is 57.0 Å². The number of aromatic hydroxyl groups is 1. The van der Waals surface area contributed by atoms with Gasteiger partial charge in [-0.1, -0.05) is 29.5 Å². The van der Waals surface area contributed by atoms with Crippen LogP contribution >= 0.6 is 11.3 Å². The van der Waals surface area contributed by atoms with Crippen molar-refractivity contribution in [1.82, 2.24) is 4.57 Å². The molecule has 2 aromatic carbocycles. The fraction of sp³-hybridized carbons (Fsp3) is 0.300. The lowest BCUT2D eigenvalue weighted by Gasteiger charge is -2.26. The number of benzene rings is 2. The molecule has 2 heterocycles. The minimum Gasteiger partial charge on any atom is -0.504 e. The van der Waals surface area contributed by atoms with Gasteiger partial charge in [-0.2, -0.15) is 0 Å². The number of fused-ring (bicyclic) bond motifs is 1. The maximum atomic E-state index is 14.0. The molecule has 3 aromatic rings. The van der Waals surface area contributed by atoms with Gasteiger partial charge in [-0.25, -0.2) is 9.79 Å². The largest absolute Gasteiger partial charge is 0.504 e. The van der Waals surface area contributed by atoms with Crippen molar-refractivity contribution in [2.75, 3.05) is 27.4 Å². The van der Waals surface area contributed by atoms with E-state index in [1.807, 2.05) is 6.92 Å². The summed E-state index contributed by atoms with van der Waals surface area (Å²) in [7, 11) is 3.00. The Hall–Kier alpha value is -4.31. The van der Waals surface area contributed by atoms with Gasteiger partial charge in [0, 0.05) is 11.1 Å². The van der Waals surface area contributed by atoms with Gasteiger partial charge in [-0.15, -0.1) is 6.58 Å². The molecule has 0 spiro atoms. The Bertz CT molecular complexity index is 1670. The third-order valence-electron chi connectivity index (χ3n) is 6.39. The summed E-state index contributed by atoms with van der Waals surface area (Å²) in [6.07, 6.45) is 3.81. The fourth-order valence-corrected chi connectivity index (χ4v) is 5.73. The number of phenols is 1. The van der Waals surface area contributed by atoms with E-state index in [9.17, 15) is 14.7 Å². The third-order valence-corrected chi connectivity index (χ3v) is 7.37. The number of thiazole rings is 1. The van der Waals surface area contributed by atoms with Gasteiger partial charge in [0.25, 0.3) is 5.56 Å². The summed E-state index contributed by atoms with van der Waals surface area (Å²) in [6.45, 7) is 9.56. The summed E-state index contributed by atoms with van der Waals surface area (Å²) in [6, 6.07) is 7.92. The number of ether oxygens (including phenoxy) is 4. The maximum absolute atomic E-state index is 14.0. The molecule has 1 aromatic heterocycles. The number of esters is 1. The first-order valence-corrected chi connectivity index (χ1v) is 13.6. The van der Waals surface area contributed by atoms with Crippen LogP contribution in [0.5, 0.6) is 23.0 Å². The van der Waals surface area contributed by atoms with Gasteiger partial charge in [0.15, 0.2) is 27.8 Å². The summed E-state index contributed by atoms with van der Waals surface area (Å²) in [5.41, 5.74) is 2.20. The number of allylic oxidation sites excluding steroid dienone is 2. The molecule has 1 N–H and O–H groups in total. The second kappa shape index (κ2) is 12.3. The molecule has 0 amide bonds. The SMILES string of the molecule is C=CCc1cc(C=c2sc3n(c2=O)[C@@H](c2cccc(OC)c2OCC)C(C(=O)OCC)=C(C)N=3)cc(OC)c1O. The number of methoxy groups -OCH3 is 2. The van der Waals surface area contributed by atoms with E-state index >= 15 is 0 Å². The summed E-state index contributed by atoms with van der Waals surface area (Å²) in [5, 5.41) is 10.5. The highest BCUT2D eigenvalue weighted by molar-refractivity contribution is 7.07. The lowest BCUT2D eigenvalue weighted by atomic mass is 9.94. The predicted molar refractivity (Wildman–Crippen MR) is 153 cm³/mol. The second-order valence-corrected chi connectivity index (χ2v) is 9.85. The normalized spacial score (nSPS) is 14.8. The van der Waals surface area contributed by atoms with Crippen LogP contribution in [-0.2, 0) is 16.0 Å². The Labute approximate surface area is 235 Å². The van der Waals surface area contributed by atoms with Crippen LogP contribution in [0.1, 0.15) is 43.5 Å². The van der Waals surface area contributed by atoms with E-state index < -0.39 is 12.0 Å². The van der Waals surface area contributed by atoms with Crippen molar-refractivity contribution in [3.05, 3.63) is 90.6 Å². The molecule has 0 bridgehead atoms. The molecule has 0 radical (unpaired) electrons. The van der Waals surface area contributed by atoms with Crippen LogP contribution in [0.15, 0.2) is 64.0 Å². The molecule has 210 valence electrons. The Morgan fingerprint density at radius 2 is 1.93 bits per heavy atom. The zero-order valence-electron chi connectivity index (χ0n) is 23.1. The van der Waals surface area contributed by atoms with Crippen molar-refractivity contribution < 1.29 is 28.8 Å². The Morgan fingerprint density at radius 3 is 2.58 bits per heavy atom. The molecule has 1 aliphatic rings. The summed E-state index contributed by atoms with van der Waals surface area (Å²) in [5.74, 6) is 0.656. The van der Waals surface area contributed by atoms with Gasteiger partial charge in [0.2, 0.25) is 0 Å². The van der Waals surface area contributed by atoms with Crippen molar-refractivity contribution in [3.8, 4) is 23.0 Å². The zero-order chi connectivity index (χ0) is 29.0. The highest BCUT2D eigenvalue weighted by Gasteiger charge is 2.36. The molecule has 0 aliphatic carbocycles. The fourth-order valence-electron chi connectivity index (χ4n) is 4.68.